The number of nitrogens with two attached hydrogens (primary N) is 1. The van der Waals surface area contributed by atoms with Gasteiger partial charge in [-0.1, -0.05) is 13.8 Å². The van der Waals surface area contributed by atoms with Crippen molar-refractivity contribution >= 4 is 11.4 Å². The first kappa shape index (κ1) is 14.3. The van der Waals surface area contributed by atoms with Crippen LogP contribution in [0, 0.1) is 16.7 Å². The predicted octanol–water partition coefficient (Wildman–Crippen LogP) is 2.16. The summed E-state index contributed by atoms with van der Waals surface area (Å²) in [5.41, 5.74) is 8.28. The predicted molar refractivity (Wildman–Crippen MR) is 74.1 cm³/mol. The van der Waals surface area contributed by atoms with E-state index in [0.29, 0.717) is 12.1 Å². The maximum Gasteiger partial charge on any atom is 0.0670 e. The van der Waals surface area contributed by atoms with E-state index in [1.54, 1.807) is 0 Å². The molecule has 4 N–H and O–H groups in total. The topological polar surface area (TPSA) is 82.1 Å². The quantitative estimate of drug-likeness (QED) is 0.673. The number of nitriles is 1. The van der Waals surface area contributed by atoms with Gasteiger partial charge in [-0.3, -0.25) is 0 Å². The van der Waals surface area contributed by atoms with Crippen molar-refractivity contribution in [3.8, 4) is 6.07 Å². The highest BCUT2D eigenvalue weighted by Crippen LogP contribution is 2.23. The average molecular weight is 247 g/mol. The maximum absolute atomic E-state index is 8.97. The molecule has 0 heterocycles. The molecule has 18 heavy (non-hydrogen) atoms. The molecule has 0 aliphatic heterocycles. The summed E-state index contributed by atoms with van der Waals surface area (Å²) in [5.74, 6) is 0. The number of nitrogens with zero attached hydrogens (tertiary/aromatic N) is 1. The lowest BCUT2D eigenvalue weighted by Gasteiger charge is -2.24. The molecule has 0 aliphatic rings. The van der Waals surface area contributed by atoms with E-state index in [2.05, 4.69) is 25.2 Å². The Morgan fingerprint density at radius 1 is 1.44 bits per heavy atom. The molecular weight excluding hydrogens is 226 g/mol. The molecule has 0 saturated heterocycles. The van der Waals surface area contributed by atoms with E-state index < -0.39 is 0 Å². The van der Waals surface area contributed by atoms with Crippen molar-refractivity contribution in [1.82, 2.24) is 0 Å². The molecule has 1 aromatic carbocycles. The fraction of sp³-hybridized carbons (Fsp3) is 0.500. The summed E-state index contributed by atoms with van der Waals surface area (Å²) < 4.78 is 0. The number of nitrogen functional groups attached to an aromatic ring is 1. The standard InChI is InChI=1S/C14H21N3O/c1-14(2,6-8-18)10-17-12-3-4-13(16)11(9-12)5-7-15/h3-4,9,17-18H,5-6,8,10,16H2,1-2H3. The van der Waals surface area contributed by atoms with Crippen LogP contribution >= 0.6 is 0 Å². The molecule has 0 amide bonds. The molecule has 0 fully saturated rings. The lowest BCUT2D eigenvalue weighted by molar-refractivity contribution is 0.220. The number of nitrogens with one attached hydrogen (secondary N) is 1. The van der Waals surface area contributed by atoms with Gasteiger partial charge < -0.3 is 16.2 Å². The van der Waals surface area contributed by atoms with Gasteiger partial charge in [0.1, 0.15) is 0 Å². The monoisotopic (exact) mass is 247 g/mol. The van der Waals surface area contributed by atoms with Gasteiger partial charge in [0.15, 0.2) is 0 Å². The first-order valence-corrected chi connectivity index (χ1v) is 6.08. The highest BCUT2D eigenvalue weighted by molar-refractivity contribution is 5.58. The number of rotatable bonds is 6. The fourth-order valence-corrected chi connectivity index (χ4v) is 1.69. The van der Waals surface area contributed by atoms with Gasteiger partial charge in [0.2, 0.25) is 0 Å². The van der Waals surface area contributed by atoms with Crippen molar-refractivity contribution in [2.24, 2.45) is 5.41 Å². The minimum Gasteiger partial charge on any atom is -0.398 e. The van der Waals surface area contributed by atoms with Gasteiger partial charge >= 0.3 is 0 Å². The first-order valence-electron chi connectivity index (χ1n) is 6.08. The minimum atomic E-state index is 0.0333. The van der Waals surface area contributed by atoms with Gasteiger partial charge in [-0.25, -0.2) is 0 Å². The average Bonchev–Trinajstić information content (AvgIpc) is 2.30. The molecule has 0 aromatic heterocycles. The zero-order chi connectivity index (χ0) is 13.6. The van der Waals surface area contributed by atoms with Crippen LogP contribution < -0.4 is 11.1 Å². The highest BCUT2D eigenvalue weighted by Gasteiger charge is 2.16. The second-order valence-corrected chi connectivity index (χ2v) is 5.24. The third-order valence-corrected chi connectivity index (χ3v) is 2.97. The number of aliphatic hydroxyl groups excluding tert-OH is 1. The number of aliphatic hydroxyl groups is 1. The van der Waals surface area contributed by atoms with Crippen LogP contribution in [0.5, 0.6) is 0 Å². The minimum absolute atomic E-state index is 0.0333. The van der Waals surface area contributed by atoms with E-state index >= 15 is 0 Å². The van der Waals surface area contributed by atoms with Crippen LogP contribution in [-0.2, 0) is 6.42 Å². The Morgan fingerprint density at radius 3 is 2.78 bits per heavy atom. The molecule has 0 spiro atoms. The normalized spacial score (nSPS) is 11.0. The lowest BCUT2D eigenvalue weighted by atomic mass is 9.89. The van der Waals surface area contributed by atoms with E-state index in [4.69, 9.17) is 16.1 Å². The van der Waals surface area contributed by atoms with Gasteiger partial charge in [-0.15, -0.1) is 0 Å². The number of anilines is 2. The molecule has 1 aromatic rings. The summed E-state index contributed by atoms with van der Waals surface area (Å²) in [6.45, 7) is 5.16. The molecule has 4 nitrogen and oxygen atoms in total. The van der Waals surface area contributed by atoms with Crippen LogP contribution in [0.25, 0.3) is 0 Å². The van der Waals surface area contributed by atoms with Crippen molar-refractivity contribution in [1.29, 1.82) is 5.26 Å². The molecule has 0 atom stereocenters. The summed E-state index contributed by atoms with van der Waals surface area (Å²) in [4.78, 5) is 0. The largest absolute Gasteiger partial charge is 0.398 e. The SMILES string of the molecule is CC(C)(CCO)CNc1ccc(N)c(CC#N)c1. The van der Waals surface area contributed by atoms with Crippen molar-refractivity contribution in [2.75, 3.05) is 24.2 Å². The van der Waals surface area contributed by atoms with Crippen molar-refractivity contribution < 1.29 is 5.11 Å². The zero-order valence-electron chi connectivity index (χ0n) is 11.0. The van der Waals surface area contributed by atoms with Gasteiger partial charge in [0, 0.05) is 24.5 Å². The molecule has 0 unspecified atom stereocenters. The summed E-state index contributed by atoms with van der Waals surface area (Å²) in [7, 11) is 0. The zero-order valence-corrected chi connectivity index (χ0v) is 11.0. The highest BCUT2D eigenvalue weighted by atomic mass is 16.3. The lowest BCUT2D eigenvalue weighted by Crippen LogP contribution is -2.24. The Bertz CT molecular complexity index is 435. The van der Waals surface area contributed by atoms with Crippen molar-refractivity contribution in [2.45, 2.75) is 26.7 Å². The van der Waals surface area contributed by atoms with Crippen LogP contribution in [-0.4, -0.2) is 18.3 Å². The van der Waals surface area contributed by atoms with Gasteiger partial charge in [-0.05, 0) is 35.6 Å². The summed E-state index contributed by atoms with van der Waals surface area (Å²) in [6, 6.07) is 7.74. The van der Waals surface area contributed by atoms with Crippen LogP contribution in [0.1, 0.15) is 25.8 Å². The fourth-order valence-electron chi connectivity index (χ4n) is 1.69. The Labute approximate surface area is 108 Å². The third kappa shape index (κ3) is 4.27. The number of benzene rings is 1. The van der Waals surface area contributed by atoms with Gasteiger partial charge in [0.05, 0.1) is 12.5 Å². The summed E-state index contributed by atoms with van der Waals surface area (Å²) >= 11 is 0. The molecule has 98 valence electrons. The van der Waals surface area contributed by atoms with Crippen LogP contribution in [0.3, 0.4) is 0 Å². The summed E-state index contributed by atoms with van der Waals surface area (Å²) in [5, 5.41) is 21.0. The molecule has 4 heteroatoms. The van der Waals surface area contributed by atoms with E-state index in [0.717, 1.165) is 24.2 Å². The number of hydrogen-bond donors (Lipinski definition) is 3. The van der Waals surface area contributed by atoms with E-state index in [1.165, 1.54) is 0 Å². The van der Waals surface area contributed by atoms with E-state index in [9.17, 15) is 0 Å². The second kappa shape index (κ2) is 6.27. The van der Waals surface area contributed by atoms with Crippen LogP contribution in [0.4, 0.5) is 11.4 Å². The third-order valence-electron chi connectivity index (χ3n) is 2.97. The molecule has 1 rings (SSSR count). The van der Waals surface area contributed by atoms with Crippen LogP contribution in [0.2, 0.25) is 0 Å². The van der Waals surface area contributed by atoms with Crippen molar-refractivity contribution in [3.63, 3.8) is 0 Å². The number of hydrogen-bond acceptors (Lipinski definition) is 4. The van der Waals surface area contributed by atoms with Gasteiger partial charge in [-0.2, -0.15) is 5.26 Å². The molecule has 0 bridgehead atoms. The Kier molecular flexibility index (Phi) is 4.99. The van der Waals surface area contributed by atoms with Crippen molar-refractivity contribution in [3.05, 3.63) is 23.8 Å². The second-order valence-electron chi connectivity index (χ2n) is 5.24. The van der Waals surface area contributed by atoms with Crippen LogP contribution in [0.15, 0.2) is 18.2 Å². The van der Waals surface area contributed by atoms with E-state index in [1.807, 2.05) is 18.2 Å². The molecular formula is C14H21N3O. The smallest absolute Gasteiger partial charge is 0.0670 e. The molecule has 0 saturated carbocycles. The van der Waals surface area contributed by atoms with E-state index in [-0.39, 0.29) is 12.0 Å². The summed E-state index contributed by atoms with van der Waals surface area (Å²) in [6.07, 6.45) is 1.07. The maximum atomic E-state index is 8.97. The van der Waals surface area contributed by atoms with Gasteiger partial charge in [0.25, 0.3) is 0 Å². The first-order chi connectivity index (χ1) is 8.48. The Hall–Kier alpha value is -1.73. The molecule has 0 aliphatic carbocycles. The Morgan fingerprint density at radius 2 is 2.17 bits per heavy atom. The Balaban J connectivity index is 2.68. The molecule has 0 radical (unpaired) electrons.